The Bertz CT molecular complexity index is 562. The molecule has 1 aromatic carbocycles. The van der Waals surface area contributed by atoms with Crippen molar-refractivity contribution < 1.29 is 0 Å². The van der Waals surface area contributed by atoms with Gasteiger partial charge in [-0.15, -0.1) is 6.58 Å². The lowest BCUT2D eigenvalue weighted by atomic mass is 9.99. The molecule has 0 saturated carbocycles. The maximum Gasteiger partial charge on any atom is 0.0467 e. The quantitative estimate of drug-likeness (QED) is 0.390. The molecule has 25 heavy (non-hydrogen) atoms. The number of benzene rings is 1. The SMILES string of the molecule is C=Cc1cccc(NCCC)c1C(=C)N(C)C(C=C)CCCCNC. The van der Waals surface area contributed by atoms with Crippen molar-refractivity contribution in [3.05, 3.63) is 55.1 Å². The van der Waals surface area contributed by atoms with E-state index < -0.39 is 0 Å². The number of hydrogen-bond donors (Lipinski definition) is 2. The molecule has 0 bridgehead atoms. The van der Waals surface area contributed by atoms with E-state index in [1.807, 2.05) is 19.2 Å². The van der Waals surface area contributed by atoms with Gasteiger partial charge in [-0.3, -0.25) is 0 Å². The van der Waals surface area contributed by atoms with Crippen LogP contribution in [0.4, 0.5) is 5.69 Å². The van der Waals surface area contributed by atoms with E-state index in [0.29, 0.717) is 0 Å². The minimum absolute atomic E-state index is 0.279. The summed E-state index contributed by atoms with van der Waals surface area (Å²) in [5, 5.41) is 6.72. The fraction of sp³-hybridized carbons (Fsp3) is 0.455. The Kier molecular flexibility index (Phi) is 9.71. The van der Waals surface area contributed by atoms with Crippen LogP contribution >= 0.6 is 0 Å². The van der Waals surface area contributed by atoms with E-state index in [-0.39, 0.29) is 6.04 Å². The molecule has 3 heteroatoms. The molecule has 1 aromatic rings. The third-order valence-electron chi connectivity index (χ3n) is 4.54. The summed E-state index contributed by atoms with van der Waals surface area (Å²) in [6.07, 6.45) is 8.43. The minimum Gasteiger partial charge on any atom is -0.384 e. The molecule has 0 amide bonds. The number of anilines is 1. The van der Waals surface area contributed by atoms with Crippen LogP contribution in [0.15, 0.2) is 44.0 Å². The van der Waals surface area contributed by atoms with Gasteiger partial charge in [-0.25, -0.2) is 0 Å². The van der Waals surface area contributed by atoms with Gasteiger partial charge in [0, 0.05) is 36.6 Å². The number of nitrogens with zero attached hydrogens (tertiary/aromatic N) is 1. The summed E-state index contributed by atoms with van der Waals surface area (Å²) in [6, 6.07) is 6.55. The monoisotopic (exact) mass is 341 g/mol. The summed E-state index contributed by atoms with van der Waals surface area (Å²) in [4.78, 5) is 2.24. The first-order chi connectivity index (χ1) is 12.1. The van der Waals surface area contributed by atoms with Gasteiger partial charge in [0.05, 0.1) is 0 Å². The smallest absolute Gasteiger partial charge is 0.0467 e. The standard InChI is InChI=1S/C22H35N3/c1-7-16-24-21-15-12-13-19(8-2)22(21)18(4)25(6)20(9-3)14-10-11-17-23-5/h8-9,12-13,15,20,23-24H,2-4,7,10-11,14,16-17H2,1,5-6H3. The topological polar surface area (TPSA) is 27.3 Å². The molecule has 3 nitrogen and oxygen atoms in total. The second-order valence-corrected chi connectivity index (χ2v) is 6.36. The zero-order valence-corrected chi connectivity index (χ0v) is 16.3. The Morgan fingerprint density at radius 3 is 2.60 bits per heavy atom. The summed E-state index contributed by atoms with van der Waals surface area (Å²) in [5.41, 5.74) is 4.37. The third-order valence-corrected chi connectivity index (χ3v) is 4.54. The zero-order chi connectivity index (χ0) is 18.7. The summed E-state index contributed by atoms with van der Waals surface area (Å²) in [6.45, 7) is 16.6. The molecule has 0 saturated heterocycles. The van der Waals surface area contributed by atoms with Crippen molar-refractivity contribution in [2.45, 2.75) is 38.6 Å². The van der Waals surface area contributed by atoms with Crippen molar-refractivity contribution in [1.29, 1.82) is 0 Å². The van der Waals surface area contributed by atoms with Crippen LogP contribution in [-0.4, -0.2) is 38.1 Å². The van der Waals surface area contributed by atoms with Gasteiger partial charge in [-0.05, 0) is 50.9 Å². The molecule has 0 heterocycles. The number of unbranched alkanes of at least 4 members (excludes halogenated alkanes) is 1. The van der Waals surface area contributed by atoms with E-state index in [1.54, 1.807) is 0 Å². The number of nitrogens with one attached hydrogen (secondary N) is 2. The van der Waals surface area contributed by atoms with Crippen molar-refractivity contribution in [2.24, 2.45) is 0 Å². The van der Waals surface area contributed by atoms with E-state index in [1.165, 1.54) is 12.8 Å². The van der Waals surface area contributed by atoms with E-state index in [9.17, 15) is 0 Å². The van der Waals surface area contributed by atoms with Crippen LogP contribution in [-0.2, 0) is 0 Å². The fourth-order valence-electron chi connectivity index (χ4n) is 2.97. The Labute approximate surface area is 154 Å². The molecule has 0 aromatic heterocycles. The Morgan fingerprint density at radius 2 is 2.00 bits per heavy atom. The molecule has 0 aliphatic rings. The van der Waals surface area contributed by atoms with Crippen molar-refractivity contribution >= 4 is 17.5 Å². The van der Waals surface area contributed by atoms with E-state index in [4.69, 9.17) is 0 Å². The van der Waals surface area contributed by atoms with Crippen LogP contribution < -0.4 is 10.6 Å². The Balaban J connectivity index is 2.98. The van der Waals surface area contributed by atoms with Crippen LogP contribution in [0, 0.1) is 0 Å². The molecule has 0 fully saturated rings. The average Bonchev–Trinajstić information content (AvgIpc) is 2.65. The van der Waals surface area contributed by atoms with Crippen LogP contribution in [0.25, 0.3) is 11.8 Å². The molecule has 1 atom stereocenters. The lowest BCUT2D eigenvalue weighted by Gasteiger charge is -2.31. The highest BCUT2D eigenvalue weighted by atomic mass is 15.1. The Hall–Kier alpha value is -2.00. The summed E-state index contributed by atoms with van der Waals surface area (Å²) in [7, 11) is 4.10. The second-order valence-electron chi connectivity index (χ2n) is 6.36. The normalized spacial score (nSPS) is 11.6. The number of likely N-dealkylation sites (N-methyl/N-ethyl adjacent to an activating group) is 1. The van der Waals surface area contributed by atoms with E-state index in [0.717, 1.165) is 48.4 Å². The minimum atomic E-state index is 0.279. The van der Waals surface area contributed by atoms with Gasteiger partial charge >= 0.3 is 0 Å². The molecular weight excluding hydrogens is 306 g/mol. The molecule has 0 radical (unpaired) electrons. The maximum absolute atomic E-state index is 4.39. The summed E-state index contributed by atoms with van der Waals surface area (Å²) in [5.74, 6) is 0. The molecule has 138 valence electrons. The highest BCUT2D eigenvalue weighted by molar-refractivity contribution is 5.81. The van der Waals surface area contributed by atoms with Crippen LogP contribution in [0.3, 0.4) is 0 Å². The first-order valence-electron chi connectivity index (χ1n) is 9.29. The molecule has 1 rings (SSSR count). The number of rotatable bonds is 13. The fourth-order valence-corrected chi connectivity index (χ4v) is 2.97. The molecule has 0 aliphatic heterocycles. The van der Waals surface area contributed by atoms with Crippen molar-refractivity contribution in [1.82, 2.24) is 10.2 Å². The molecular formula is C22H35N3. The van der Waals surface area contributed by atoms with Gasteiger partial charge in [0.1, 0.15) is 0 Å². The molecule has 0 spiro atoms. The van der Waals surface area contributed by atoms with Gasteiger partial charge in [0.15, 0.2) is 0 Å². The van der Waals surface area contributed by atoms with Crippen LogP contribution in [0.5, 0.6) is 0 Å². The highest BCUT2D eigenvalue weighted by Gasteiger charge is 2.18. The predicted molar refractivity (Wildman–Crippen MR) is 114 cm³/mol. The van der Waals surface area contributed by atoms with Gasteiger partial charge in [-0.1, -0.05) is 44.4 Å². The van der Waals surface area contributed by atoms with Crippen molar-refractivity contribution in [3.63, 3.8) is 0 Å². The average molecular weight is 342 g/mol. The van der Waals surface area contributed by atoms with Gasteiger partial charge < -0.3 is 15.5 Å². The lowest BCUT2D eigenvalue weighted by Crippen LogP contribution is -2.29. The van der Waals surface area contributed by atoms with E-state index in [2.05, 4.69) is 67.4 Å². The van der Waals surface area contributed by atoms with Gasteiger partial charge in [-0.2, -0.15) is 0 Å². The maximum atomic E-state index is 4.39. The third kappa shape index (κ3) is 6.09. The summed E-state index contributed by atoms with van der Waals surface area (Å²) >= 11 is 0. The predicted octanol–water partition coefficient (Wildman–Crippen LogP) is 5.00. The van der Waals surface area contributed by atoms with Crippen molar-refractivity contribution in [3.8, 4) is 0 Å². The summed E-state index contributed by atoms with van der Waals surface area (Å²) < 4.78 is 0. The van der Waals surface area contributed by atoms with Crippen molar-refractivity contribution in [2.75, 3.05) is 32.5 Å². The van der Waals surface area contributed by atoms with Crippen LogP contribution in [0.1, 0.15) is 43.7 Å². The molecule has 0 aliphatic carbocycles. The largest absolute Gasteiger partial charge is 0.384 e. The zero-order valence-electron chi connectivity index (χ0n) is 16.3. The molecule has 1 unspecified atom stereocenters. The highest BCUT2D eigenvalue weighted by Crippen LogP contribution is 2.31. The van der Waals surface area contributed by atoms with Gasteiger partial charge in [0.25, 0.3) is 0 Å². The first kappa shape index (κ1) is 21.0. The van der Waals surface area contributed by atoms with Gasteiger partial charge in [0.2, 0.25) is 0 Å². The lowest BCUT2D eigenvalue weighted by molar-refractivity contribution is 0.375. The second kappa shape index (κ2) is 11.5. The van der Waals surface area contributed by atoms with Crippen LogP contribution in [0.2, 0.25) is 0 Å². The first-order valence-corrected chi connectivity index (χ1v) is 9.29. The van der Waals surface area contributed by atoms with E-state index >= 15 is 0 Å². The Morgan fingerprint density at radius 1 is 1.24 bits per heavy atom. The number of hydrogen-bond acceptors (Lipinski definition) is 3. The molecule has 2 N–H and O–H groups in total.